The molecule has 0 aromatic heterocycles. The number of fused-ring (bicyclic) bond motifs is 1. The summed E-state index contributed by atoms with van der Waals surface area (Å²) in [5, 5.41) is 3.45. The molecule has 1 saturated carbocycles. The molecule has 25 heavy (non-hydrogen) atoms. The highest BCUT2D eigenvalue weighted by Crippen LogP contribution is 2.38. The first-order chi connectivity index (χ1) is 12.1. The third-order valence-corrected chi connectivity index (χ3v) is 6.56. The van der Waals surface area contributed by atoms with Crippen LogP contribution in [-0.4, -0.2) is 78.1 Å². The Morgan fingerprint density at radius 2 is 1.64 bits per heavy atom. The molecule has 1 unspecified atom stereocenters. The van der Waals surface area contributed by atoms with Crippen LogP contribution in [0.5, 0.6) is 0 Å². The van der Waals surface area contributed by atoms with E-state index in [1.54, 1.807) is 4.90 Å². The first-order valence-corrected chi connectivity index (χ1v) is 9.94. The van der Waals surface area contributed by atoms with Crippen LogP contribution in [0.25, 0.3) is 0 Å². The molecule has 4 atom stereocenters. The van der Waals surface area contributed by atoms with Gasteiger partial charge in [0, 0.05) is 38.8 Å². The summed E-state index contributed by atoms with van der Waals surface area (Å²) < 4.78 is 0. The van der Waals surface area contributed by atoms with Crippen molar-refractivity contribution in [3.63, 3.8) is 0 Å². The Kier molecular flexibility index (Phi) is 4.86. The van der Waals surface area contributed by atoms with Crippen molar-refractivity contribution >= 4 is 11.9 Å². The van der Waals surface area contributed by atoms with Gasteiger partial charge in [-0.1, -0.05) is 0 Å². The van der Waals surface area contributed by atoms with Gasteiger partial charge >= 0.3 is 6.03 Å². The summed E-state index contributed by atoms with van der Waals surface area (Å²) in [5.74, 6) is 1.31. The molecule has 3 heterocycles. The monoisotopic (exact) mass is 349 g/mol. The van der Waals surface area contributed by atoms with Crippen molar-refractivity contribution in [2.75, 3.05) is 39.3 Å². The third kappa shape index (κ3) is 3.49. The molecule has 7 heteroatoms. The van der Waals surface area contributed by atoms with Crippen molar-refractivity contribution in [3.8, 4) is 0 Å². The van der Waals surface area contributed by atoms with E-state index in [9.17, 15) is 9.59 Å². The second-order valence-corrected chi connectivity index (χ2v) is 8.25. The Balaban J connectivity index is 1.21. The summed E-state index contributed by atoms with van der Waals surface area (Å²) in [4.78, 5) is 30.7. The molecule has 0 radical (unpaired) electrons. The summed E-state index contributed by atoms with van der Waals surface area (Å²) in [6.45, 7) is 4.83. The molecular formula is C18H31N5O2. The number of hydrogen-bond donors (Lipinski definition) is 2. The summed E-state index contributed by atoms with van der Waals surface area (Å²) in [6.07, 6.45) is 6.28. The molecule has 140 valence electrons. The second-order valence-electron chi connectivity index (χ2n) is 8.25. The minimum atomic E-state index is -0.0950. The van der Waals surface area contributed by atoms with E-state index >= 15 is 0 Å². The van der Waals surface area contributed by atoms with E-state index in [-0.39, 0.29) is 18.1 Å². The van der Waals surface area contributed by atoms with Gasteiger partial charge in [-0.05, 0) is 50.4 Å². The fourth-order valence-electron chi connectivity index (χ4n) is 5.17. The Morgan fingerprint density at radius 1 is 0.960 bits per heavy atom. The Hall–Kier alpha value is -1.34. The van der Waals surface area contributed by atoms with E-state index in [1.165, 1.54) is 0 Å². The number of nitrogens with two attached hydrogens (primary N) is 1. The Bertz CT molecular complexity index is 508. The number of amides is 3. The van der Waals surface area contributed by atoms with Gasteiger partial charge in [0.25, 0.3) is 0 Å². The van der Waals surface area contributed by atoms with Crippen LogP contribution in [-0.2, 0) is 4.79 Å². The molecule has 3 saturated heterocycles. The highest BCUT2D eigenvalue weighted by molar-refractivity contribution is 5.78. The molecule has 4 fully saturated rings. The maximum Gasteiger partial charge on any atom is 0.320 e. The predicted molar refractivity (Wildman–Crippen MR) is 94.7 cm³/mol. The molecule has 4 rings (SSSR count). The van der Waals surface area contributed by atoms with E-state index in [1.807, 2.05) is 4.90 Å². The summed E-state index contributed by atoms with van der Waals surface area (Å²) in [7, 11) is 0. The second kappa shape index (κ2) is 7.11. The van der Waals surface area contributed by atoms with E-state index in [0.717, 1.165) is 71.2 Å². The van der Waals surface area contributed by atoms with Gasteiger partial charge in [0.15, 0.2) is 0 Å². The van der Waals surface area contributed by atoms with Crippen LogP contribution >= 0.6 is 0 Å². The molecule has 0 aromatic carbocycles. The highest BCUT2D eigenvalue weighted by atomic mass is 16.2. The van der Waals surface area contributed by atoms with Gasteiger partial charge in [-0.2, -0.15) is 0 Å². The van der Waals surface area contributed by atoms with E-state index in [2.05, 4.69) is 10.2 Å². The maximum atomic E-state index is 12.5. The molecule has 3 N–H and O–H groups in total. The first-order valence-electron chi connectivity index (χ1n) is 9.94. The van der Waals surface area contributed by atoms with Gasteiger partial charge in [0.05, 0.1) is 12.7 Å². The predicted octanol–water partition coefficient (Wildman–Crippen LogP) is 0.409. The van der Waals surface area contributed by atoms with Crippen molar-refractivity contribution in [3.05, 3.63) is 0 Å². The average molecular weight is 349 g/mol. The van der Waals surface area contributed by atoms with Gasteiger partial charge in [-0.15, -0.1) is 0 Å². The van der Waals surface area contributed by atoms with Crippen LogP contribution in [0.4, 0.5) is 4.79 Å². The minimum Gasteiger partial charge on any atom is -0.326 e. The third-order valence-electron chi connectivity index (χ3n) is 6.56. The normalized spacial score (nSPS) is 34.8. The van der Waals surface area contributed by atoms with Crippen LogP contribution < -0.4 is 11.1 Å². The highest BCUT2D eigenvalue weighted by Gasteiger charge is 2.43. The molecule has 0 spiro atoms. The lowest BCUT2D eigenvalue weighted by atomic mass is 10.0. The van der Waals surface area contributed by atoms with Crippen LogP contribution in [0.3, 0.4) is 0 Å². The minimum absolute atomic E-state index is 0.0950. The van der Waals surface area contributed by atoms with Crippen LogP contribution in [0, 0.1) is 11.8 Å². The fourth-order valence-corrected chi connectivity index (χ4v) is 5.17. The topological polar surface area (TPSA) is 81.9 Å². The van der Waals surface area contributed by atoms with Gasteiger partial charge in [0.2, 0.25) is 5.91 Å². The van der Waals surface area contributed by atoms with Crippen molar-refractivity contribution in [1.29, 1.82) is 0 Å². The van der Waals surface area contributed by atoms with Gasteiger partial charge < -0.3 is 25.8 Å². The molecule has 3 aliphatic heterocycles. The average Bonchev–Trinajstić information content (AvgIpc) is 3.35. The van der Waals surface area contributed by atoms with Crippen LogP contribution in [0.2, 0.25) is 0 Å². The zero-order chi connectivity index (χ0) is 17.4. The van der Waals surface area contributed by atoms with Gasteiger partial charge in [-0.3, -0.25) is 4.79 Å². The zero-order valence-corrected chi connectivity index (χ0v) is 15.0. The lowest BCUT2D eigenvalue weighted by Crippen LogP contribution is -2.46. The largest absolute Gasteiger partial charge is 0.326 e. The maximum absolute atomic E-state index is 12.5. The molecule has 7 nitrogen and oxygen atoms in total. The number of urea groups is 1. The van der Waals surface area contributed by atoms with Crippen molar-refractivity contribution in [2.24, 2.45) is 17.6 Å². The van der Waals surface area contributed by atoms with Crippen LogP contribution in [0.15, 0.2) is 0 Å². The van der Waals surface area contributed by atoms with E-state index in [0.29, 0.717) is 24.4 Å². The van der Waals surface area contributed by atoms with E-state index in [4.69, 9.17) is 5.73 Å². The number of nitrogens with zero attached hydrogens (tertiary/aromatic N) is 3. The number of rotatable bonds is 3. The van der Waals surface area contributed by atoms with Crippen LogP contribution in [0.1, 0.15) is 38.5 Å². The fraction of sp³-hybridized carbons (Fsp3) is 0.889. The quantitative estimate of drug-likeness (QED) is 0.773. The lowest BCUT2D eigenvalue weighted by Gasteiger charge is -2.26. The number of hydrogen-bond acceptors (Lipinski definition) is 4. The standard InChI is InChI=1S/C18H31N5O2/c19-16-4-3-7-23(16)17(24)10-20-15-8-13-11-22(12-14(13)9-15)18(25)21-5-1-2-6-21/h13-16,20H,1-12,19H2/t13-,14+,15?,16-/m0/s1. The van der Waals surface area contributed by atoms with E-state index < -0.39 is 0 Å². The first kappa shape index (κ1) is 17.1. The number of carbonyl (C=O) groups is 2. The zero-order valence-electron chi connectivity index (χ0n) is 15.0. The smallest absolute Gasteiger partial charge is 0.320 e. The van der Waals surface area contributed by atoms with Crippen molar-refractivity contribution in [2.45, 2.75) is 50.7 Å². The van der Waals surface area contributed by atoms with Crippen molar-refractivity contribution in [1.82, 2.24) is 20.0 Å². The van der Waals surface area contributed by atoms with Crippen molar-refractivity contribution < 1.29 is 9.59 Å². The summed E-state index contributed by atoms with van der Waals surface area (Å²) in [5.41, 5.74) is 5.97. The number of likely N-dealkylation sites (tertiary alicyclic amines) is 3. The summed E-state index contributed by atoms with van der Waals surface area (Å²) in [6, 6.07) is 0.649. The molecule has 3 amide bonds. The SMILES string of the molecule is N[C@@H]1CCCN1C(=O)CNC1C[C@@H]2CN(C(=O)N3CCCC3)C[C@@H]2C1. The molecule has 1 aliphatic carbocycles. The molecule has 0 aromatic rings. The van der Waals surface area contributed by atoms with Gasteiger partial charge in [0.1, 0.15) is 0 Å². The summed E-state index contributed by atoms with van der Waals surface area (Å²) >= 11 is 0. The molecule has 0 bridgehead atoms. The lowest BCUT2D eigenvalue weighted by molar-refractivity contribution is -0.131. The Labute approximate surface area is 149 Å². The number of nitrogens with one attached hydrogen (secondary N) is 1. The number of carbonyl (C=O) groups excluding carboxylic acids is 2. The Morgan fingerprint density at radius 3 is 2.24 bits per heavy atom. The molecular weight excluding hydrogens is 318 g/mol. The molecule has 4 aliphatic rings. The van der Waals surface area contributed by atoms with Gasteiger partial charge in [-0.25, -0.2) is 4.79 Å².